The number of benzene rings is 1. The molecule has 1 aliphatic rings. The molecule has 2 aromatic heterocycles. The molecule has 10 heteroatoms. The second kappa shape index (κ2) is 8.30. The molecule has 0 unspecified atom stereocenters. The molecule has 9 nitrogen and oxygen atoms in total. The van der Waals surface area contributed by atoms with Crippen molar-refractivity contribution in [2.24, 2.45) is 0 Å². The van der Waals surface area contributed by atoms with E-state index in [4.69, 9.17) is 16.6 Å². The number of anilines is 2. The fourth-order valence-electron chi connectivity index (χ4n) is 3.66. The Morgan fingerprint density at radius 2 is 2.00 bits per heavy atom. The Bertz CT molecular complexity index is 1110. The molecule has 1 aromatic carbocycles. The van der Waals surface area contributed by atoms with Crippen molar-refractivity contribution in [3.8, 4) is 0 Å². The lowest BCUT2D eigenvalue weighted by Crippen LogP contribution is -2.36. The number of fused-ring (bicyclic) bond motifs is 1. The number of halogens is 1. The van der Waals surface area contributed by atoms with Gasteiger partial charge in [-0.3, -0.25) is 4.79 Å². The van der Waals surface area contributed by atoms with Crippen molar-refractivity contribution in [3.63, 3.8) is 0 Å². The van der Waals surface area contributed by atoms with Crippen LogP contribution in [0.3, 0.4) is 0 Å². The molecule has 1 amide bonds. The molecule has 3 aromatic rings. The van der Waals surface area contributed by atoms with Gasteiger partial charge in [0.15, 0.2) is 11.3 Å². The Hall–Kier alpha value is -2.94. The molecule has 1 atom stereocenters. The highest BCUT2D eigenvalue weighted by atomic mass is 35.5. The summed E-state index contributed by atoms with van der Waals surface area (Å²) in [5.41, 5.74) is 1.88. The average molecular weight is 443 g/mol. The number of hydrogen-bond acceptors (Lipinski definition) is 7. The first-order chi connectivity index (χ1) is 14.7. The monoisotopic (exact) mass is 442 g/mol. The first kappa shape index (κ1) is 21.3. The van der Waals surface area contributed by atoms with Crippen LogP contribution in [0.4, 0.5) is 11.8 Å². The second-order valence-corrected chi connectivity index (χ2v) is 9.28. The molecule has 0 spiro atoms. The first-order valence-corrected chi connectivity index (χ1v) is 10.7. The van der Waals surface area contributed by atoms with Gasteiger partial charge in [-0.15, -0.1) is 10.2 Å². The Morgan fingerprint density at radius 1 is 1.23 bits per heavy atom. The van der Waals surface area contributed by atoms with E-state index in [1.807, 2.05) is 24.3 Å². The molecule has 2 N–H and O–H groups in total. The predicted molar refractivity (Wildman–Crippen MR) is 121 cm³/mol. The van der Waals surface area contributed by atoms with Crippen molar-refractivity contribution in [2.45, 2.75) is 52.2 Å². The van der Waals surface area contributed by atoms with Gasteiger partial charge in [-0.05, 0) is 38.8 Å². The molecule has 1 aliphatic heterocycles. The van der Waals surface area contributed by atoms with Gasteiger partial charge in [0.05, 0.1) is 6.54 Å². The van der Waals surface area contributed by atoms with Gasteiger partial charge in [-0.1, -0.05) is 29.8 Å². The smallest absolute Gasteiger partial charge is 0.227 e. The molecule has 0 saturated carbocycles. The van der Waals surface area contributed by atoms with E-state index in [1.54, 1.807) is 4.80 Å². The third kappa shape index (κ3) is 5.04. The number of amides is 1. The first-order valence-electron chi connectivity index (χ1n) is 10.3. The number of carbonyl (C=O) groups excluding carboxylic acids is 1. The minimum atomic E-state index is -0.206. The van der Waals surface area contributed by atoms with Gasteiger partial charge in [-0.25, -0.2) is 0 Å². The van der Waals surface area contributed by atoms with Crippen molar-refractivity contribution < 1.29 is 4.79 Å². The minimum absolute atomic E-state index is 0.0274. The van der Waals surface area contributed by atoms with Crippen molar-refractivity contribution >= 4 is 40.4 Å². The molecular weight excluding hydrogens is 416 g/mol. The highest BCUT2D eigenvalue weighted by Crippen LogP contribution is 2.27. The third-order valence-corrected chi connectivity index (χ3v) is 5.29. The minimum Gasteiger partial charge on any atom is -0.352 e. The van der Waals surface area contributed by atoms with E-state index in [0.29, 0.717) is 35.2 Å². The molecule has 0 bridgehead atoms. The Balaban J connectivity index is 1.71. The van der Waals surface area contributed by atoms with E-state index in [0.717, 1.165) is 24.3 Å². The van der Waals surface area contributed by atoms with Crippen molar-refractivity contribution in [3.05, 3.63) is 34.9 Å². The summed E-state index contributed by atoms with van der Waals surface area (Å²) in [6.45, 7) is 9.57. The predicted octanol–water partition coefficient (Wildman–Crippen LogP) is 2.85. The van der Waals surface area contributed by atoms with Crippen molar-refractivity contribution in [1.29, 1.82) is 0 Å². The molecule has 0 aliphatic carbocycles. The fourth-order valence-corrected chi connectivity index (χ4v) is 3.85. The van der Waals surface area contributed by atoms with E-state index >= 15 is 0 Å². The van der Waals surface area contributed by atoms with E-state index in [-0.39, 0.29) is 17.5 Å². The highest BCUT2D eigenvalue weighted by Gasteiger charge is 2.28. The zero-order valence-corrected chi connectivity index (χ0v) is 18.9. The van der Waals surface area contributed by atoms with Gasteiger partial charge in [-0.2, -0.15) is 14.8 Å². The summed E-state index contributed by atoms with van der Waals surface area (Å²) in [5, 5.41) is 16.3. The molecule has 4 rings (SSSR count). The molecule has 1 saturated heterocycles. The lowest BCUT2D eigenvalue weighted by Gasteiger charge is -2.22. The standard InChI is InChI=1S/C21H27ClN8O/c1-13(31)23-15-9-10-29(12-15)19-17-18(24-20(25-19)26-21(2,3)4)28-30(27-17)11-14-7-5-6-8-16(14)22/h5-8,15H,9-12H2,1-4H3,(H,23,31)(H,24,26,28)/t15-/m0/s1. The van der Waals surface area contributed by atoms with Crippen LogP contribution in [-0.2, 0) is 11.3 Å². The van der Waals surface area contributed by atoms with E-state index in [2.05, 4.69) is 51.5 Å². The van der Waals surface area contributed by atoms with Crippen LogP contribution in [0.1, 0.15) is 39.7 Å². The van der Waals surface area contributed by atoms with Crippen LogP contribution in [0.15, 0.2) is 24.3 Å². The molecule has 1 fully saturated rings. The van der Waals surface area contributed by atoms with Crippen LogP contribution in [0.2, 0.25) is 5.02 Å². The summed E-state index contributed by atoms with van der Waals surface area (Å²) in [4.78, 5) is 24.6. The van der Waals surface area contributed by atoms with E-state index < -0.39 is 0 Å². The summed E-state index contributed by atoms with van der Waals surface area (Å²) >= 11 is 6.31. The number of hydrogen-bond donors (Lipinski definition) is 2. The van der Waals surface area contributed by atoms with E-state index in [9.17, 15) is 4.79 Å². The van der Waals surface area contributed by atoms with Crippen LogP contribution in [-0.4, -0.2) is 55.5 Å². The SMILES string of the molecule is CC(=O)N[C@H]1CCN(c2nc(NC(C)(C)C)nc3nn(Cc4ccccc4Cl)nc23)C1. The Kier molecular flexibility index (Phi) is 5.70. The van der Waals surface area contributed by atoms with Crippen LogP contribution >= 0.6 is 11.6 Å². The zero-order chi connectivity index (χ0) is 22.2. The molecule has 164 valence electrons. The van der Waals surface area contributed by atoms with Gasteiger partial charge in [0.1, 0.15) is 0 Å². The van der Waals surface area contributed by atoms with Crippen LogP contribution < -0.4 is 15.5 Å². The van der Waals surface area contributed by atoms with Gasteiger partial charge < -0.3 is 15.5 Å². The molecule has 31 heavy (non-hydrogen) atoms. The maximum absolute atomic E-state index is 11.5. The zero-order valence-electron chi connectivity index (χ0n) is 18.2. The molecular formula is C21H27ClN8O. The number of nitrogens with one attached hydrogen (secondary N) is 2. The van der Waals surface area contributed by atoms with Gasteiger partial charge >= 0.3 is 0 Å². The van der Waals surface area contributed by atoms with Gasteiger partial charge in [0.25, 0.3) is 0 Å². The number of carbonyl (C=O) groups is 1. The maximum atomic E-state index is 11.5. The topological polar surface area (TPSA) is 101 Å². The second-order valence-electron chi connectivity index (χ2n) is 8.87. The highest BCUT2D eigenvalue weighted by molar-refractivity contribution is 6.31. The van der Waals surface area contributed by atoms with Crippen LogP contribution in [0, 0.1) is 0 Å². The molecule has 3 heterocycles. The fraction of sp³-hybridized carbons (Fsp3) is 0.476. The van der Waals surface area contributed by atoms with Gasteiger partial charge in [0.2, 0.25) is 17.5 Å². The number of rotatable bonds is 5. The van der Waals surface area contributed by atoms with E-state index in [1.165, 1.54) is 6.92 Å². The summed E-state index contributed by atoms with van der Waals surface area (Å²) < 4.78 is 0. The normalized spacial score (nSPS) is 16.7. The number of aromatic nitrogens is 5. The average Bonchev–Trinajstić information content (AvgIpc) is 3.27. The largest absolute Gasteiger partial charge is 0.352 e. The summed E-state index contributed by atoms with van der Waals surface area (Å²) in [5.74, 6) is 1.19. The Labute approximate surface area is 186 Å². The third-order valence-electron chi connectivity index (χ3n) is 4.92. The number of nitrogens with zero attached hydrogens (tertiary/aromatic N) is 6. The lowest BCUT2D eigenvalue weighted by molar-refractivity contribution is -0.119. The lowest BCUT2D eigenvalue weighted by atomic mass is 10.1. The summed E-state index contributed by atoms with van der Waals surface area (Å²) in [6.07, 6.45) is 0.848. The maximum Gasteiger partial charge on any atom is 0.227 e. The van der Waals surface area contributed by atoms with Crippen LogP contribution in [0.25, 0.3) is 11.2 Å². The summed E-state index contributed by atoms with van der Waals surface area (Å²) in [6, 6.07) is 7.72. The van der Waals surface area contributed by atoms with Crippen molar-refractivity contribution in [2.75, 3.05) is 23.3 Å². The Morgan fingerprint density at radius 3 is 2.71 bits per heavy atom. The van der Waals surface area contributed by atoms with Gasteiger partial charge in [0, 0.05) is 36.6 Å². The summed E-state index contributed by atoms with van der Waals surface area (Å²) in [7, 11) is 0. The van der Waals surface area contributed by atoms with Crippen LogP contribution in [0.5, 0.6) is 0 Å². The quantitative estimate of drug-likeness (QED) is 0.626. The molecule has 0 radical (unpaired) electrons. The van der Waals surface area contributed by atoms with Crippen molar-refractivity contribution in [1.82, 2.24) is 30.3 Å².